The maximum atomic E-state index is 12.2. The van der Waals surface area contributed by atoms with Gasteiger partial charge < -0.3 is 19.5 Å². The molecule has 0 unspecified atom stereocenters. The van der Waals surface area contributed by atoms with Crippen molar-refractivity contribution >= 4 is 11.7 Å². The molecule has 1 amide bonds. The zero-order valence-corrected chi connectivity index (χ0v) is 29.0. The summed E-state index contributed by atoms with van der Waals surface area (Å²) in [4.78, 5) is 17.1. The Morgan fingerprint density at radius 2 is 1.54 bits per heavy atom. The Morgan fingerprint density at radius 3 is 2.29 bits per heavy atom. The number of aromatic nitrogens is 1. The SMILES string of the molecule is CCCOCCOCCCNC(=O)CCCCN1NNN=C1C(C)(C)CCCCOc1cc(-c2ccccc2)cc(-c2ccccc2)n1. The number of amides is 1. The number of rotatable bonds is 23. The minimum atomic E-state index is -0.135. The Labute approximate surface area is 286 Å². The number of ether oxygens (including phenoxy) is 3. The lowest BCUT2D eigenvalue weighted by Gasteiger charge is -2.30. The monoisotopic (exact) mass is 658 g/mol. The number of hydrogen-bond acceptors (Lipinski definition) is 9. The molecule has 10 nitrogen and oxygen atoms in total. The standard InChI is InChI=1S/C38H54N6O4/c1-4-24-46-27-28-47-25-15-22-39-35(45)20-11-13-23-44-37(41-42-43-44)38(2,3)21-12-14-26-48-36-30-33(31-16-7-5-8-17-31)29-34(40-36)32-18-9-6-10-19-32/h5-10,16-19,29-30,42-43H,4,11-15,20-28H2,1-3H3,(H,39,45). The predicted molar refractivity (Wildman–Crippen MR) is 192 cm³/mol. The van der Waals surface area contributed by atoms with Crippen LogP contribution in [0.1, 0.15) is 72.1 Å². The van der Waals surface area contributed by atoms with Gasteiger partial charge in [-0.25, -0.2) is 10.5 Å². The molecule has 0 spiro atoms. The highest BCUT2D eigenvalue weighted by atomic mass is 16.5. The molecule has 0 saturated carbocycles. The van der Waals surface area contributed by atoms with Crippen molar-refractivity contribution in [3.8, 4) is 28.3 Å². The number of carbonyl (C=O) groups excluding carboxylic acids is 1. The van der Waals surface area contributed by atoms with Crippen LogP contribution in [0.3, 0.4) is 0 Å². The molecule has 0 atom stereocenters. The van der Waals surface area contributed by atoms with E-state index in [2.05, 4.69) is 77.6 Å². The van der Waals surface area contributed by atoms with Gasteiger partial charge in [0.15, 0.2) is 0 Å². The van der Waals surface area contributed by atoms with Crippen LogP contribution in [0.4, 0.5) is 0 Å². The molecule has 1 aliphatic rings. The van der Waals surface area contributed by atoms with Crippen molar-refractivity contribution in [2.75, 3.05) is 46.1 Å². The van der Waals surface area contributed by atoms with E-state index in [0.717, 1.165) is 86.3 Å². The molecule has 1 aromatic heterocycles. The van der Waals surface area contributed by atoms with E-state index in [4.69, 9.17) is 19.2 Å². The van der Waals surface area contributed by atoms with Gasteiger partial charge in [-0.2, -0.15) is 0 Å². The summed E-state index contributed by atoms with van der Waals surface area (Å²) in [6.07, 6.45) is 6.88. The van der Waals surface area contributed by atoms with Gasteiger partial charge in [0.05, 0.1) is 25.5 Å². The number of benzene rings is 2. The summed E-state index contributed by atoms with van der Waals surface area (Å²) < 4.78 is 17.1. The van der Waals surface area contributed by atoms with Gasteiger partial charge in [0.25, 0.3) is 0 Å². The number of carbonyl (C=O) groups is 1. The topological polar surface area (TPSA) is 109 Å². The van der Waals surface area contributed by atoms with Gasteiger partial charge in [-0.1, -0.05) is 81.4 Å². The fraction of sp³-hybridized carbons (Fsp3) is 0.500. The van der Waals surface area contributed by atoms with Crippen LogP contribution in [0.15, 0.2) is 77.9 Å². The molecule has 2 heterocycles. The third-order valence-corrected chi connectivity index (χ3v) is 8.18. The largest absolute Gasteiger partial charge is 0.478 e. The number of nitrogens with zero attached hydrogens (tertiary/aromatic N) is 3. The zero-order valence-electron chi connectivity index (χ0n) is 29.0. The van der Waals surface area contributed by atoms with Crippen LogP contribution < -0.4 is 21.1 Å². The normalized spacial score (nSPS) is 12.9. The summed E-state index contributed by atoms with van der Waals surface area (Å²) in [6, 6.07) is 24.7. The van der Waals surface area contributed by atoms with Crippen LogP contribution in [-0.4, -0.2) is 67.9 Å². The first-order valence-corrected chi connectivity index (χ1v) is 17.5. The van der Waals surface area contributed by atoms with E-state index in [-0.39, 0.29) is 11.3 Å². The Morgan fingerprint density at radius 1 is 0.812 bits per heavy atom. The number of unbranched alkanes of at least 4 members (excludes halogenated alkanes) is 2. The molecule has 0 bridgehead atoms. The van der Waals surface area contributed by atoms with E-state index in [0.29, 0.717) is 45.3 Å². The summed E-state index contributed by atoms with van der Waals surface area (Å²) in [5, 5.41) is 9.61. The molecule has 0 radical (unpaired) electrons. The number of hydrazine groups is 2. The van der Waals surface area contributed by atoms with Gasteiger partial charge in [0.1, 0.15) is 5.84 Å². The van der Waals surface area contributed by atoms with E-state index in [1.165, 1.54) is 0 Å². The quantitative estimate of drug-likeness (QED) is 0.0961. The highest BCUT2D eigenvalue weighted by Gasteiger charge is 2.32. The second-order valence-electron chi connectivity index (χ2n) is 12.7. The number of hydrogen-bond donors (Lipinski definition) is 3. The molecular weight excluding hydrogens is 604 g/mol. The highest BCUT2D eigenvalue weighted by molar-refractivity contribution is 5.87. The summed E-state index contributed by atoms with van der Waals surface area (Å²) in [6.45, 7) is 11.1. The van der Waals surface area contributed by atoms with Gasteiger partial charge in [-0.05, 0) is 62.1 Å². The smallest absolute Gasteiger partial charge is 0.219 e. The van der Waals surface area contributed by atoms with Crippen LogP contribution in [0, 0.1) is 5.41 Å². The fourth-order valence-corrected chi connectivity index (χ4v) is 5.53. The molecule has 4 rings (SSSR count). The average Bonchev–Trinajstić information content (AvgIpc) is 3.60. The highest BCUT2D eigenvalue weighted by Crippen LogP contribution is 2.30. The van der Waals surface area contributed by atoms with Crippen molar-refractivity contribution in [3.05, 3.63) is 72.8 Å². The summed E-state index contributed by atoms with van der Waals surface area (Å²) >= 11 is 0. The van der Waals surface area contributed by atoms with Gasteiger partial charge in [0.2, 0.25) is 11.8 Å². The molecule has 2 aromatic carbocycles. The number of pyridine rings is 1. The molecule has 0 fully saturated rings. The lowest BCUT2D eigenvalue weighted by molar-refractivity contribution is -0.121. The zero-order chi connectivity index (χ0) is 33.9. The Hall–Kier alpha value is -3.99. The molecule has 0 saturated heterocycles. The van der Waals surface area contributed by atoms with Gasteiger partial charge in [-0.3, -0.25) is 9.80 Å². The fourth-order valence-electron chi connectivity index (χ4n) is 5.53. The third kappa shape index (κ3) is 12.6. The van der Waals surface area contributed by atoms with Crippen molar-refractivity contribution < 1.29 is 19.0 Å². The predicted octanol–water partition coefficient (Wildman–Crippen LogP) is 6.75. The first kappa shape index (κ1) is 36.8. The maximum Gasteiger partial charge on any atom is 0.219 e. The molecule has 260 valence electrons. The molecule has 10 heteroatoms. The van der Waals surface area contributed by atoms with Crippen molar-refractivity contribution in [3.63, 3.8) is 0 Å². The van der Waals surface area contributed by atoms with Crippen LogP contribution in [0.2, 0.25) is 0 Å². The number of amidine groups is 1. The second kappa shape index (κ2) is 20.4. The lowest BCUT2D eigenvalue weighted by atomic mass is 9.85. The van der Waals surface area contributed by atoms with Crippen LogP contribution in [0.25, 0.3) is 22.4 Å². The van der Waals surface area contributed by atoms with E-state index in [1.54, 1.807) is 0 Å². The van der Waals surface area contributed by atoms with E-state index in [9.17, 15) is 4.79 Å². The first-order valence-electron chi connectivity index (χ1n) is 17.5. The Balaban J connectivity index is 1.14. The van der Waals surface area contributed by atoms with Crippen LogP contribution in [0.5, 0.6) is 5.88 Å². The second-order valence-corrected chi connectivity index (χ2v) is 12.7. The molecule has 1 aliphatic heterocycles. The summed E-state index contributed by atoms with van der Waals surface area (Å²) in [5.74, 6) is 1.71. The van der Waals surface area contributed by atoms with Gasteiger partial charge in [-0.15, -0.1) is 10.6 Å². The number of nitrogens with one attached hydrogen (secondary N) is 3. The number of hydrazone groups is 1. The summed E-state index contributed by atoms with van der Waals surface area (Å²) in [7, 11) is 0. The Kier molecular flexibility index (Phi) is 15.7. The first-order chi connectivity index (χ1) is 23.5. The van der Waals surface area contributed by atoms with Crippen molar-refractivity contribution in [1.29, 1.82) is 0 Å². The van der Waals surface area contributed by atoms with E-state index in [1.807, 2.05) is 42.5 Å². The van der Waals surface area contributed by atoms with E-state index >= 15 is 0 Å². The van der Waals surface area contributed by atoms with Gasteiger partial charge in [0, 0.05) is 49.8 Å². The van der Waals surface area contributed by atoms with Crippen molar-refractivity contribution in [1.82, 2.24) is 26.4 Å². The molecule has 48 heavy (non-hydrogen) atoms. The van der Waals surface area contributed by atoms with Crippen molar-refractivity contribution in [2.45, 2.75) is 72.1 Å². The third-order valence-electron chi connectivity index (χ3n) is 8.18. The van der Waals surface area contributed by atoms with Crippen LogP contribution >= 0.6 is 0 Å². The minimum absolute atomic E-state index is 0.0866. The lowest BCUT2D eigenvalue weighted by Crippen LogP contribution is -2.46. The van der Waals surface area contributed by atoms with E-state index < -0.39 is 0 Å². The molecule has 0 aliphatic carbocycles. The molecular formula is C38H54N6O4. The maximum absolute atomic E-state index is 12.2. The van der Waals surface area contributed by atoms with Crippen molar-refractivity contribution in [2.24, 2.45) is 10.5 Å². The Bertz CT molecular complexity index is 1330. The minimum Gasteiger partial charge on any atom is -0.478 e. The van der Waals surface area contributed by atoms with Crippen LogP contribution in [-0.2, 0) is 14.3 Å². The summed E-state index contributed by atoms with van der Waals surface area (Å²) in [5.41, 5.74) is 10.1. The van der Waals surface area contributed by atoms with Gasteiger partial charge >= 0.3 is 0 Å². The molecule has 3 aromatic rings. The molecule has 3 N–H and O–H groups in total. The average molecular weight is 659 g/mol.